The van der Waals surface area contributed by atoms with Crippen molar-refractivity contribution < 1.29 is 9.53 Å². The van der Waals surface area contributed by atoms with Gasteiger partial charge < -0.3 is 4.74 Å². The molecular formula is C19H15ClN2O2. The zero-order valence-corrected chi connectivity index (χ0v) is 13.6. The van der Waals surface area contributed by atoms with E-state index in [1.807, 2.05) is 48.7 Å². The van der Waals surface area contributed by atoms with Gasteiger partial charge in [-0.15, -0.1) is 0 Å². The number of nitrogens with zero attached hydrogens (tertiary/aromatic N) is 2. The molecule has 2 aromatic carbocycles. The van der Waals surface area contributed by atoms with Gasteiger partial charge in [0, 0.05) is 22.9 Å². The quantitative estimate of drug-likeness (QED) is 0.515. The lowest BCUT2D eigenvalue weighted by atomic mass is 10.2. The molecule has 0 aliphatic rings. The van der Waals surface area contributed by atoms with Gasteiger partial charge in [-0.25, -0.2) is 9.48 Å². The Hall–Kier alpha value is -2.85. The predicted octanol–water partition coefficient (Wildman–Crippen LogP) is 4.28. The van der Waals surface area contributed by atoms with Gasteiger partial charge in [0.05, 0.1) is 11.9 Å². The van der Waals surface area contributed by atoms with Gasteiger partial charge in [0.2, 0.25) is 0 Å². The molecule has 0 aliphatic heterocycles. The Morgan fingerprint density at radius 3 is 2.62 bits per heavy atom. The monoisotopic (exact) mass is 338 g/mol. The average Bonchev–Trinajstić information content (AvgIpc) is 3.09. The van der Waals surface area contributed by atoms with Crippen molar-refractivity contribution in [1.29, 1.82) is 0 Å². The average molecular weight is 339 g/mol. The van der Waals surface area contributed by atoms with Crippen LogP contribution in [0.4, 0.5) is 0 Å². The molecule has 0 N–H and O–H groups in total. The number of benzene rings is 2. The molecule has 120 valence electrons. The molecule has 0 radical (unpaired) electrons. The molecule has 0 aliphatic carbocycles. The molecule has 3 aromatic rings. The maximum absolute atomic E-state index is 11.8. The third-order valence-electron chi connectivity index (χ3n) is 3.32. The lowest BCUT2D eigenvalue weighted by molar-refractivity contribution is -0.138. The molecule has 3 rings (SSSR count). The molecule has 1 aromatic heterocycles. The van der Waals surface area contributed by atoms with Crippen LogP contribution in [0.3, 0.4) is 0 Å². The van der Waals surface area contributed by atoms with Crippen molar-refractivity contribution in [2.75, 3.05) is 0 Å². The van der Waals surface area contributed by atoms with Crippen LogP contribution in [0.1, 0.15) is 11.1 Å². The third-order valence-corrected chi connectivity index (χ3v) is 3.57. The van der Waals surface area contributed by atoms with Gasteiger partial charge >= 0.3 is 5.97 Å². The topological polar surface area (TPSA) is 44.1 Å². The number of esters is 1. The van der Waals surface area contributed by atoms with Gasteiger partial charge in [-0.3, -0.25) is 0 Å². The third kappa shape index (κ3) is 4.33. The summed E-state index contributed by atoms with van der Waals surface area (Å²) in [6.07, 6.45) is 6.60. The van der Waals surface area contributed by atoms with Gasteiger partial charge in [-0.2, -0.15) is 5.10 Å². The second kappa shape index (κ2) is 7.62. The van der Waals surface area contributed by atoms with Crippen molar-refractivity contribution in [2.45, 2.75) is 6.61 Å². The highest BCUT2D eigenvalue weighted by atomic mass is 35.5. The Bertz CT molecular complexity index is 839. The van der Waals surface area contributed by atoms with E-state index in [0.29, 0.717) is 5.02 Å². The molecule has 0 bridgehead atoms. The van der Waals surface area contributed by atoms with Crippen molar-refractivity contribution in [2.24, 2.45) is 0 Å². The maximum Gasteiger partial charge on any atom is 0.331 e. The molecule has 4 nitrogen and oxygen atoms in total. The Morgan fingerprint density at radius 1 is 1.12 bits per heavy atom. The highest BCUT2D eigenvalue weighted by Gasteiger charge is 2.03. The maximum atomic E-state index is 11.8. The highest BCUT2D eigenvalue weighted by molar-refractivity contribution is 6.30. The molecular weight excluding hydrogens is 324 g/mol. The SMILES string of the molecule is O=C(/C=C/c1ccc(Cl)cc1)OCc1cnn(-c2ccccc2)c1. The molecule has 0 spiro atoms. The second-order valence-electron chi connectivity index (χ2n) is 5.12. The molecule has 0 amide bonds. The molecule has 5 heteroatoms. The number of ether oxygens (including phenoxy) is 1. The van der Waals surface area contributed by atoms with E-state index in [-0.39, 0.29) is 6.61 Å². The van der Waals surface area contributed by atoms with Crippen molar-refractivity contribution in [3.05, 3.63) is 89.2 Å². The molecule has 0 saturated heterocycles. The highest BCUT2D eigenvalue weighted by Crippen LogP contribution is 2.11. The minimum atomic E-state index is -0.405. The van der Waals surface area contributed by atoms with Crippen LogP contribution in [-0.2, 0) is 16.1 Å². The van der Waals surface area contributed by atoms with Gasteiger partial charge in [0.1, 0.15) is 6.61 Å². The van der Waals surface area contributed by atoms with E-state index in [1.165, 1.54) is 6.08 Å². The number of rotatable bonds is 5. The zero-order chi connectivity index (χ0) is 16.8. The Labute approximate surface area is 145 Å². The number of hydrogen-bond acceptors (Lipinski definition) is 3. The summed E-state index contributed by atoms with van der Waals surface area (Å²) in [5, 5.41) is 4.92. The van der Waals surface area contributed by atoms with E-state index in [0.717, 1.165) is 16.8 Å². The minimum absolute atomic E-state index is 0.177. The zero-order valence-electron chi connectivity index (χ0n) is 12.8. The number of aromatic nitrogens is 2. The fraction of sp³-hybridized carbons (Fsp3) is 0.0526. The Kier molecular flexibility index (Phi) is 5.08. The Balaban J connectivity index is 1.55. The van der Waals surface area contributed by atoms with E-state index in [2.05, 4.69) is 5.10 Å². The van der Waals surface area contributed by atoms with E-state index in [1.54, 1.807) is 29.1 Å². The van der Waals surface area contributed by atoms with Crippen molar-refractivity contribution in [3.8, 4) is 5.69 Å². The first-order valence-electron chi connectivity index (χ1n) is 7.40. The Morgan fingerprint density at radius 2 is 1.88 bits per heavy atom. The van der Waals surface area contributed by atoms with E-state index in [9.17, 15) is 4.79 Å². The van der Waals surface area contributed by atoms with Gasteiger partial charge in [-0.05, 0) is 35.9 Å². The van der Waals surface area contributed by atoms with Crippen LogP contribution in [0.2, 0.25) is 5.02 Å². The first-order chi connectivity index (χ1) is 11.7. The van der Waals surface area contributed by atoms with Crippen LogP contribution in [0.15, 0.2) is 73.1 Å². The first-order valence-corrected chi connectivity index (χ1v) is 7.78. The minimum Gasteiger partial charge on any atom is -0.458 e. The predicted molar refractivity (Wildman–Crippen MR) is 93.8 cm³/mol. The van der Waals surface area contributed by atoms with Gasteiger partial charge in [0.25, 0.3) is 0 Å². The van der Waals surface area contributed by atoms with Crippen LogP contribution in [-0.4, -0.2) is 15.7 Å². The van der Waals surface area contributed by atoms with Gasteiger partial charge in [0.15, 0.2) is 0 Å². The van der Waals surface area contributed by atoms with Crippen LogP contribution in [0.25, 0.3) is 11.8 Å². The first kappa shape index (κ1) is 16.0. The van der Waals surface area contributed by atoms with Crippen molar-refractivity contribution in [1.82, 2.24) is 9.78 Å². The number of carbonyl (C=O) groups excluding carboxylic acids is 1. The summed E-state index contributed by atoms with van der Waals surface area (Å²) in [7, 11) is 0. The number of hydrogen-bond donors (Lipinski definition) is 0. The van der Waals surface area contributed by atoms with Crippen molar-refractivity contribution in [3.63, 3.8) is 0 Å². The van der Waals surface area contributed by atoms with E-state index < -0.39 is 5.97 Å². The van der Waals surface area contributed by atoms with Gasteiger partial charge in [-0.1, -0.05) is 41.9 Å². The lowest BCUT2D eigenvalue weighted by Gasteiger charge is -2.00. The summed E-state index contributed by atoms with van der Waals surface area (Å²) in [6, 6.07) is 16.9. The van der Waals surface area contributed by atoms with Crippen LogP contribution < -0.4 is 0 Å². The standard InChI is InChI=1S/C19H15ClN2O2/c20-17-9-6-15(7-10-17)8-11-19(23)24-14-16-12-21-22(13-16)18-4-2-1-3-5-18/h1-13H,14H2/b11-8+. The van der Waals surface area contributed by atoms with Crippen LogP contribution >= 0.6 is 11.6 Å². The molecule has 1 heterocycles. The van der Waals surface area contributed by atoms with E-state index in [4.69, 9.17) is 16.3 Å². The van der Waals surface area contributed by atoms with Crippen LogP contribution in [0, 0.1) is 0 Å². The molecule has 0 saturated carbocycles. The summed E-state index contributed by atoms with van der Waals surface area (Å²) in [4.78, 5) is 11.8. The molecule has 0 unspecified atom stereocenters. The second-order valence-corrected chi connectivity index (χ2v) is 5.56. The summed E-state index contributed by atoms with van der Waals surface area (Å²) in [6.45, 7) is 0.177. The number of carbonyl (C=O) groups is 1. The van der Waals surface area contributed by atoms with E-state index >= 15 is 0 Å². The fourth-order valence-electron chi connectivity index (χ4n) is 2.10. The van der Waals surface area contributed by atoms with Crippen LogP contribution in [0.5, 0.6) is 0 Å². The lowest BCUT2D eigenvalue weighted by Crippen LogP contribution is -2.00. The molecule has 0 fully saturated rings. The smallest absolute Gasteiger partial charge is 0.331 e. The number of para-hydroxylation sites is 1. The largest absolute Gasteiger partial charge is 0.458 e. The summed E-state index contributed by atoms with van der Waals surface area (Å²) in [5.41, 5.74) is 2.66. The molecule has 24 heavy (non-hydrogen) atoms. The number of halogens is 1. The van der Waals surface area contributed by atoms with Crippen molar-refractivity contribution >= 4 is 23.6 Å². The summed E-state index contributed by atoms with van der Waals surface area (Å²) in [5.74, 6) is -0.405. The normalized spacial score (nSPS) is 10.9. The molecule has 0 atom stereocenters. The summed E-state index contributed by atoms with van der Waals surface area (Å²) >= 11 is 5.81. The summed E-state index contributed by atoms with van der Waals surface area (Å²) < 4.78 is 6.96. The fourth-order valence-corrected chi connectivity index (χ4v) is 2.22.